The van der Waals surface area contributed by atoms with Gasteiger partial charge in [-0.15, -0.1) is 0 Å². The first-order valence-corrected chi connectivity index (χ1v) is 6.42. The van der Waals surface area contributed by atoms with Crippen molar-refractivity contribution in [3.8, 4) is 0 Å². The highest BCUT2D eigenvalue weighted by molar-refractivity contribution is 5.87. The van der Waals surface area contributed by atoms with Crippen LogP contribution in [0.4, 0.5) is 0 Å². The maximum atomic E-state index is 11.9. The Hall–Kier alpha value is -0.410. The first kappa shape index (κ1) is 12.1. The standard InChI is InChI=1S/C13H22O3/c1-13-7-6-11(15)9(3-2-8-14)10(13)4-5-12(13)16/h9-11,14-15H,2-8H2,1H3/t9-,10-,11+,13-/m0/s1. The summed E-state index contributed by atoms with van der Waals surface area (Å²) in [6.45, 7) is 2.26. The van der Waals surface area contributed by atoms with E-state index in [1.807, 2.05) is 0 Å². The molecule has 0 aromatic heterocycles. The summed E-state index contributed by atoms with van der Waals surface area (Å²) >= 11 is 0. The van der Waals surface area contributed by atoms with E-state index in [0.717, 1.165) is 32.1 Å². The van der Waals surface area contributed by atoms with Crippen LogP contribution in [-0.2, 0) is 4.79 Å². The van der Waals surface area contributed by atoms with Crippen molar-refractivity contribution in [2.75, 3.05) is 6.61 Å². The summed E-state index contributed by atoms with van der Waals surface area (Å²) < 4.78 is 0. The minimum atomic E-state index is -0.268. The number of ketones is 1. The second-order valence-electron chi connectivity index (χ2n) is 5.62. The topological polar surface area (TPSA) is 57.5 Å². The number of rotatable bonds is 3. The van der Waals surface area contributed by atoms with Crippen LogP contribution in [0.2, 0.25) is 0 Å². The van der Waals surface area contributed by atoms with Crippen LogP contribution < -0.4 is 0 Å². The molecule has 0 unspecified atom stereocenters. The van der Waals surface area contributed by atoms with Crippen LogP contribution in [-0.4, -0.2) is 28.7 Å². The summed E-state index contributed by atoms with van der Waals surface area (Å²) in [6, 6.07) is 0. The average molecular weight is 226 g/mol. The minimum Gasteiger partial charge on any atom is -0.396 e. The van der Waals surface area contributed by atoms with E-state index < -0.39 is 0 Å². The molecule has 0 aromatic rings. The Kier molecular flexibility index (Phi) is 3.36. The fourth-order valence-corrected chi connectivity index (χ4v) is 3.76. The molecule has 2 fully saturated rings. The molecule has 16 heavy (non-hydrogen) atoms. The Morgan fingerprint density at radius 1 is 1.44 bits per heavy atom. The zero-order valence-electron chi connectivity index (χ0n) is 9.98. The molecule has 2 saturated carbocycles. The van der Waals surface area contributed by atoms with Crippen LogP contribution in [0.5, 0.6) is 0 Å². The van der Waals surface area contributed by atoms with Crippen LogP contribution in [0, 0.1) is 17.3 Å². The molecule has 0 aromatic carbocycles. The van der Waals surface area contributed by atoms with Crippen LogP contribution in [0.3, 0.4) is 0 Å². The van der Waals surface area contributed by atoms with Crippen molar-refractivity contribution in [1.29, 1.82) is 0 Å². The molecule has 0 spiro atoms. The van der Waals surface area contributed by atoms with Gasteiger partial charge in [-0.3, -0.25) is 4.79 Å². The summed E-state index contributed by atoms with van der Waals surface area (Å²) in [5, 5.41) is 18.9. The summed E-state index contributed by atoms with van der Waals surface area (Å²) in [6.07, 6.45) is 4.53. The van der Waals surface area contributed by atoms with Gasteiger partial charge in [-0.25, -0.2) is 0 Å². The fraction of sp³-hybridized carbons (Fsp3) is 0.923. The Labute approximate surface area is 96.9 Å². The summed E-state index contributed by atoms with van der Waals surface area (Å²) in [4.78, 5) is 11.9. The number of Topliss-reactive ketones (excluding diaryl/α,β-unsaturated/α-hetero) is 1. The van der Waals surface area contributed by atoms with Crippen molar-refractivity contribution in [2.45, 2.75) is 51.6 Å². The van der Waals surface area contributed by atoms with Crippen molar-refractivity contribution < 1.29 is 15.0 Å². The number of carbonyl (C=O) groups is 1. The van der Waals surface area contributed by atoms with Crippen LogP contribution >= 0.6 is 0 Å². The van der Waals surface area contributed by atoms with E-state index in [1.165, 1.54) is 0 Å². The molecular weight excluding hydrogens is 204 g/mol. The van der Waals surface area contributed by atoms with Gasteiger partial charge in [-0.1, -0.05) is 6.92 Å². The molecule has 0 bridgehead atoms. The van der Waals surface area contributed by atoms with Gasteiger partial charge in [-0.05, 0) is 43.9 Å². The third kappa shape index (κ3) is 1.80. The van der Waals surface area contributed by atoms with Gasteiger partial charge in [0.05, 0.1) is 6.10 Å². The number of fused-ring (bicyclic) bond motifs is 1. The van der Waals surface area contributed by atoms with Gasteiger partial charge in [0.2, 0.25) is 0 Å². The predicted molar refractivity (Wildman–Crippen MR) is 60.9 cm³/mol. The predicted octanol–water partition coefficient (Wildman–Crippen LogP) is 1.52. The molecule has 0 aliphatic heterocycles. The SMILES string of the molecule is C[C@]12CC[C@@H](O)[C@@H](CCCO)[C@@H]1CCC2=O. The summed E-state index contributed by atoms with van der Waals surface area (Å²) in [7, 11) is 0. The smallest absolute Gasteiger partial charge is 0.139 e. The molecule has 2 aliphatic rings. The lowest BCUT2D eigenvalue weighted by atomic mass is 9.62. The Morgan fingerprint density at radius 3 is 2.88 bits per heavy atom. The van der Waals surface area contributed by atoms with Gasteiger partial charge in [0.15, 0.2) is 0 Å². The average Bonchev–Trinajstić information content (AvgIpc) is 2.56. The quantitative estimate of drug-likeness (QED) is 0.767. The van der Waals surface area contributed by atoms with E-state index in [0.29, 0.717) is 18.1 Å². The molecular formula is C13H22O3. The van der Waals surface area contributed by atoms with Crippen molar-refractivity contribution in [3.05, 3.63) is 0 Å². The third-order valence-electron chi connectivity index (χ3n) is 4.80. The molecule has 3 heteroatoms. The van der Waals surface area contributed by atoms with Gasteiger partial charge in [-0.2, -0.15) is 0 Å². The number of carbonyl (C=O) groups excluding carboxylic acids is 1. The van der Waals surface area contributed by atoms with Crippen LogP contribution in [0.1, 0.15) is 45.4 Å². The van der Waals surface area contributed by atoms with E-state index in [1.54, 1.807) is 0 Å². The Balaban J connectivity index is 2.13. The van der Waals surface area contributed by atoms with Gasteiger partial charge < -0.3 is 10.2 Å². The molecule has 92 valence electrons. The van der Waals surface area contributed by atoms with Crippen LogP contribution in [0.25, 0.3) is 0 Å². The molecule has 0 radical (unpaired) electrons. The molecule has 0 saturated heterocycles. The number of hydrogen-bond acceptors (Lipinski definition) is 3. The van der Waals surface area contributed by atoms with E-state index in [-0.39, 0.29) is 24.0 Å². The van der Waals surface area contributed by atoms with Gasteiger partial charge >= 0.3 is 0 Å². The molecule has 4 atom stereocenters. The maximum Gasteiger partial charge on any atom is 0.139 e. The van der Waals surface area contributed by atoms with Crippen molar-refractivity contribution in [1.82, 2.24) is 0 Å². The maximum absolute atomic E-state index is 11.9. The van der Waals surface area contributed by atoms with Crippen molar-refractivity contribution >= 4 is 5.78 Å². The van der Waals surface area contributed by atoms with Gasteiger partial charge in [0.25, 0.3) is 0 Å². The fourth-order valence-electron chi connectivity index (χ4n) is 3.76. The first-order chi connectivity index (χ1) is 7.59. The highest BCUT2D eigenvalue weighted by Gasteiger charge is 2.52. The molecule has 0 amide bonds. The lowest BCUT2D eigenvalue weighted by molar-refractivity contribution is -0.131. The van der Waals surface area contributed by atoms with E-state index >= 15 is 0 Å². The third-order valence-corrected chi connectivity index (χ3v) is 4.80. The van der Waals surface area contributed by atoms with Crippen molar-refractivity contribution in [3.63, 3.8) is 0 Å². The lowest BCUT2D eigenvalue weighted by Gasteiger charge is -2.43. The number of aliphatic hydroxyl groups is 2. The summed E-state index contributed by atoms with van der Waals surface area (Å²) in [5.74, 6) is 0.950. The number of hydrogen-bond donors (Lipinski definition) is 2. The molecule has 0 heterocycles. The highest BCUT2D eigenvalue weighted by atomic mass is 16.3. The van der Waals surface area contributed by atoms with E-state index in [2.05, 4.69) is 6.92 Å². The van der Waals surface area contributed by atoms with E-state index in [4.69, 9.17) is 5.11 Å². The summed E-state index contributed by atoms with van der Waals surface area (Å²) in [5.41, 5.74) is -0.181. The molecule has 2 rings (SSSR count). The van der Waals surface area contributed by atoms with Gasteiger partial charge in [0.1, 0.15) is 5.78 Å². The minimum absolute atomic E-state index is 0.181. The zero-order chi connectivity index (χ0) is 11.8. The Bertz CT molecular complexity index is 276. The first-order valence-electron chi connectivity index (χ1n) is 6.42. The molecule has 3 nitrogen and oxygen atoms in total. The normalized spacial score (nSPS) is 43.4. The second kappa shape index (κ2) is 4.46. The molecule has 2 aliphatic carbocycles. The molecule has 2 N–H and O–H groups in total. The largest absolute Gasteiger partial charge is 0.396 e. The highest BCUT2D eigenvalue weighted by Crippen LogP contribution is 2.53. The van der Waals surface area contributed by atoms with Gasteiger partial charge in [0, 0.05) is 18.4 Å². The monoisotopic (exact) mass is 226 g/mol. The zero-order valence-corrected chi connectivity index (χ0v) is 9.98. The number of aliphatic hydroxyl groups excluding tert-OH is 2. The Morgan fingerprint density at radius 2 is 2.19 bits per heavy atom. The van der Waals surface area contributed by atoms with Crippen LogP contribution in [0.15, 0.2) is 0 Å². The second-order valence-corrected chi connectivity index (χ2v) is 5.62. The van der Waals surface area contributed by atoms with Crippen molar-refractivity contribution in [2.24, 2.45) is 17.3 Å². The van der Waals surface area contributed by atoms with E-state index in [9.17, 15) is 9.90 Å². The lowest BCUT2D eigenvalue weighted by Crippen LogP contribution is -2.44.